The van der Waals surface area contributed by atoms with Gasteiger partial charge in [0.15, 0.2) is 0 Å². The van der Waals surface area contributed by atoms with Crippen molar-refractivity contribution in [3.05, 3.63) is 29.8 Å². The lowest BCUT2D eigenvalue weighted by Crippen LogP contribution is -2.40. The molecule has 1 aromatic rings. The van der Waals surface area contributed by atoms with Crippen LogP contribution in [0.3, 0.4) is 0 Å². The Balaban J connectivity index is 1.93. The van der Waals surface area contributed by atoms with Gasteiger partial charge in [-0.05, 0) is 37.5 Å². The van der Waals surface area contributed by atoms with E-state index in [9.17, 15) is 8.42 Å². The van der Waals surface area contributed by atoms with E-state index in [1.165, 1.54) is 4.31 Å². The zero-order chi connectivity index (χ0) is 16.7. The molecule has 2 rings (SSSR count). The van der Waals surface area contributed by atoms with Crippen LogP contribution >= 0.6 is 0 Å². The zero-order valence-corrected chi connectivity index (χ0v) is 14.4. The molecule has 0 radical (unpaired) electrons. The van der Waals surface area contributed by atoms with E-state index in [0.29, 0.717) is 43.8 Å². The van der Waals surface area contributed by atoms with Crippen molar-refractivity contribution < 1.29 is 18.3 Å². The van der Waals surface area contributed by atoms with Crippen LogP contribution in [0.2, 0.25) is 0 Å². The number of hydrogen-bond acceptors (Lipinski definition) is 5. The fourth-order valence-corrected chi connectivity index (χ4v) is 3.91. The van der Waals surface area contributed by atoms with Crippen LogP contribution in [0.25, 0.3) is 0 Å². The number of aliphatic hydroxyl groups is 1. The number of benzene rings is 1. The number of sulfonamides is 1. The lowest BCUT2D eigenvalue weighted by molar-refractivity contribution is 0.0730. The van der Waals surface area contributed by atoms with Crippen molar-refractivity contribution >= 4 is 10.0 Å². The highest BCUT2D eigenvalue weighted by atomic mass is 32.2. The molecule has 0 aromatic heterocycles. The Labute approximate surface area is 138 Å². The maximum Gasteiger partial charge on any atom is 0.243 e. The third-order valence-electron chi connectivity index (χ3n) is 3.98. The molecule has 0 spiro atoms. The molecule has 23 heavy (non-hydrogen) atoms. The summed E-state index contributed by atoms with van der Waals surface area (Å²) in [4.78, 5) is 0.330. The van der Waals surface area contributed by atoms with Gasteiger partial charge in [-0.15, -0.1) is 0 Å². The molecule has 130 valence electrons. The Morgan fingerprint density at radius 1 is 1.26 bits per heavy atom. The second-order valence-electron chi connectivity index (χ2n) is 5.81. The SMILES string of the molecule is C[C@H](CCCO)NCc1ccc(S(=O)(=O)N2CCOCC2)cc1. The van der Waals surface area contributed by atoms with Crippen LogP contribution in [0.5, 0.6) is 0 Å². The van der Waals surface area contributed by atoms with Crippen LogP contribution in [0.15, 0.2) is 29.2 Å². The quantitative estimate of drug-likeness (QED) is 0.736. The predicted octanol–water partition coefficient (Wildman–Crippen LogP) is 0.958. The molecule has 7 heteroatoms. The van der Waals surface area contributed by atoms with Gasteiger partial charge in [-0.2, -0.15) is 4.31 Å². The van der Waals surface area contributed by atoms with Crippen molar-refractivity contribution in [3.63, 3.8) is 0 Å². The molecule has 1 aromatic carbocycles. The minimum atomic E-state index is -3.42. The number of morpholine rings is 1. The van der Waals surface area contributed by atoms with E-state index in [1.54, 1.807) is 12.1 Å². The molecule has 0 amide bonds. The molecule has 1 fully saturated rings. The highest BCUT2D eigenvalue weighted by Crippen LogP contribution is 2.17. The van der Waals surface area contributed by atoms with E-state index in [-0.39, 0.29) is 6.61 Å². The molecule has 0 saturated carbocycles. The fraction of sp³-hybridized carbons (Fsp3) is 0.625. The van der Waals surface area contributed by atoms with Crippen LogP contribution in [-0.2, 0) is 21.3 Å². The Morgan fingerprint density at radius 3 is 2.52 bits per heavy atom. The van der Waals surface area contributed by atoms with Crippen molar-refractivity contribution in [2.75, 3.05) is 32.9 Å². The smallest absolute Gasteiger partial charge is 0.243 e. The van der Waals surface area contributed by atoms with Gasteiger partial charge in [-0.3, -0.25) is 0 Å². The first-order valence-electron chi connectivity index (χ1n) is 8.05. The van der Waals surface area contributed by atoms with E-state index in [1.807, 2.05) is 12.1 Å². The summed E-state index contributed by atoms with van der Waals surface area (Å²) in [6.07, 6.45) is 1.70. The van der Waals surface area contributed by atoms with Gasteiger partial charge >= 0.3 is 0 Å². The molecule has 1 saturated heterocycles. The zero-order valence-electron chi connectivity index (χ0n) is 13.6. The second-order valence-corrected chi connectivity index (χ2v) is 7.75. The number of ether oxygens (including phenoxy) is 1. The fourth-order valence-electron chi connectivity index (χ4n) is 2.51. The normalized spacial score (nSPS) is 18.0. The number of nitrogens with one attached hydrogen (secondary N) is 1. The van der Waals surface area contributed by atoms with Crippen LogP contribution in [-0.4, -0.2) is 56.8 Å². The van der Waals surface area contributed by atoms with Crippen molar-refractivity contribution in [1.82, 2.24) is 9.62 Å². The Bertz CT molecular complexity index is 568. The second kappa shape index (κ2) is 8.75. The van der Waals surface area contributed by atoms with E-state index in [0.717, 1.165) is 18.4 Å². The highest BCUT2D eigenvalue weighted by molar-refractivity contribution is 7.89. The first-order chi connectivity index (χ1) is 11.0. The van der Waals surface area contributed by atoms with E-state index in [2.05, 4.69) is 12.2 Å². The van der Waals surface area contributed by atoms with Gasteiger partial charge in [0.1, 0.15) is 0 Å². The summed E-state index contributed by atoms with van der Waals surface area (Å²) in [6, 6.07) is 7.34. The molecule has 1 atom stereocenters. The molecule has 6 nitrogen and oxygen atoms in total. The van der Waals surface area contributed by atoms with E-state index in [4.69, 9.17) is 9.84 Å². The average molecular weight is 342 g/mol. The predicted molar refractivity (Wildman–Crippen MR) is 88.6 cm³/mol. The van der Waals surface area contributed by atoms with Gasteiger partial charge in [-0.25, -0.2) is 8.42 Å². The van der Waals surface area contributed by atoms with Crippen LogP contribution in [0.4, 0.5) is 0 Å². The summed E-state index contributed by atoms with van der Waals surface area (Å²) in [6.45, 7) is 4.69. The molecule has 0 bridgehead atoms. The molecular weight excluding hydrogens is 316 g/mol. The lowest BCUT2D eigenvalue weighted by atomic mass is 10.1. The molecule has 1 aliphatic heterocycles. The van der Waals surface area contributed by atoms with Crippen LogP contribution in [0.1, 0.15) is 25.3 Å². The number of hydrogen-bond donors (Lipinski definition) is 2. The largest absolute Gasteiger partial charge is 0.396 e. The Morgan fingerprint density at radius 2 is 1.91 bits per heavy atom. The first-order valence-corrected chi connectivity index (χ1v) is 9.49. The number of aliphatic hydroxyl groups excluding tert-OH is 1. The van der Waals surface area contributed by atoms with Gasteiger partial charge < -0.3 is 15.2 Å². The summed E-state index contributed by atoms with van der Waals surface area (Å²) < 4.78 is 31.7. The standard InChI is InChI=1S/C16H26N2O4S/c1-14(3-2-10-19)17-13-15-4-6-16(7-5-15)23(20,21)18-8-11-22-12-9-18/h4-7,14,17,19H,2-3,8-13H2,1H3/t14-/m1/s1. The summed E-state index contributed by atoms with van der Waals surface area (Å²) >= 11 is 0. The maximum atomic E-state index is 12.5. The van der Waals surface area contributed by atoms with Crippen LogP contribution < -0.4 is 5.32 Å². The minimum absolute atomic E-state index is 0.208. The minimum Gasteiger partial charge on any atom is -0.396 e. The van der Waals surface area contributed by atoms with Gasteiger partial charge in [-0.1, -0.05) is 12.1 Å². The molecule has 1 aliphatic rings. The van der Waals surface area contributed by atoms with E-state index >= 15 is 0 Å². The average Bonchev–Trinajstić information content (AvgIpc) is 2.59. The number of nitrogens with zero attached hydrogens (tertiary/aromatic N) is 1. The van der Waals surface area contributed by atoms with Gasteiger partial charge in [0.25, 0.3) is 0 Å². The first kappa shape index (κ1) is 18.4. The van der Waals surface area contributed by atoms with Crippen molar-refractivity contribution in [2.45, 2.75) is 37.2 Å². The third kappa shape index (κ3) is 5.26. The summed E-state index contributed by atoms with van der Waals surface area (Å²) in [5.74, 6) is 0. The van der Waals surface area contributed by atoms with Crippen molar-refractivity contribution in [2.24, 2.45) is 0 Å². The maximum absolute atomic E-state index is 12.5. The Hall–Kier alpha value is -0.990. The van der Waals surface area contributed by atoms with Gasteiger partial charge in [0.2, 0.25) is 10.0 Å². The third-order valence-corrected chi connectivity index (χ3v) is 5.89. The molecule has 0 unspecified atom stereocenters. The van der Waals surface area contributed by atoms with Gasteiger partial charge in [0, 0.05) is 32.3 Å². The summed E-state index contributed by atoms with van der Waals surface area (Å²) in [5, 5.41) is 12.2. The van der Waals surface area contributed by atoms with Crippen molar-refractivity contribution in [3.8, 4) is 0 Å². The van der Waals surface area contributed by atoms with Crippen LogP contribution in [0, 0.1) is 0 Å². The topological polar surface area (TPSA) is 78.9 Å². The monoisotopic (exact) mass is 342 g/mol. The number of rotatable bonds is 8. The molecule has 1 heterocycles. The lowest BCUT2D eigenvalue weighted by Gasteiger charge is -2.26. The van der Waals surface area contributed by atoms with Gasteiger partial charge in [0.05, 0.1) is 18.1 Å². The van der Waals surface area contributed by atoms with Crippen molar-refractivity contribution in [1.29, 1.82) is 0 Å². The summed E-state index contributed by atoms with van der Waals surface area (Å²) in [7, 11) is -3.42. The Kier molecular flexibility index (Phi) is 6.98. The molecule has 0 aliphatic carbocycles. The molecule has 2 N–H and O–H groups in total. The highest BCUT2D eigenvalue weighted by Gasteiger charge is 2.25. The van der Waals surface area contributed by atoms with E-state index < -0.39 is 10.0 Å². The summed E-state index contributed by atoms with van der Waals surface area (Å²) in [5.41, 5.74) is 1.04. The molecular formula is C16H26N2O4S.